The summed E-state index contributed by atoms with van der Waals surface area (Å²) in [6.07, 6.45) is 0.937. The molecule has 10 heteroatoms. The molecule has 0 spiro atoms. The molecule has 0 aromatic heterocycles. The molecule has 4 amide bonds. The Morgan fingerprint density at radius 3 is 1.45 bits per heavy atom. The molecule has 162 valence electrons. The van der Waals surface area contributed by atoms with E-state index in [-0.39, 0.29) is 23.7 Å². The van der Waals surface area contributed by atoms with Crippen molar-refractivity contribution >= 4 is 24.0 Å². The minimum Gasteiger partial charge on any atom is -0.441 e. The van der Waals surface area contributed by atoms with Crippen molar-refractivity contribution in [3.05, 3.63) is 12.2 Å². The lowest BCUT2D eigenvalue weighted by atomic mass is 10.0. The molecule has 1 saturated carbocycles. The van der Waals surface area contributed by atoms with Crippen molar-refractivity contribution in [1.29, 1.82) is 0 Å². The van der Waals surface area contributed by atoms with Crippen LogP contribution in [-0.2, 0) is 19.1 Å². The predicted octanol–water partition coefficient (Wildman–Crippen LogP) is 0.402. The highest BCUT2D eigenvalue weighted by Crippen LogP contribution is 2.42. The molecular formula is C19H30N4O6. The second kappa shape index (κ2) is 9.36. The van der Waals surface area contributed by atoms with Gasteiger partial charge in [0, 0.05) is 11.8 Å². The van der Waals surface area contributed by atoms with Crippen LogP contribution in [0, 0.1) is 23.7 Å². The maximum absolute atomic E-state index is 12.1. The predicted molar refractivity (Wildman–Crippen MR) is 103 cm³/mol. The normalized spacial score (nSPS) is 26.9. The van der Waals surface area contributed by atoms with Crippen LogP contribution in [0.1, 0.15) is 34.1 Å². The van der Waals surface area contributed by atoms with E-state index in [2.05, 4.69) is 10.6 Å². The molecular weight excluding hydrogens is 380 g/mol. The summed E-state index contributed by atoms with van der Waals surface area (Å²) in [5.41, 5.74) is 11.4. The Morgan fingerprint density at radius 1 is 0.793 bits per heavy atom. The fourth-order valence-electron chi connectivity index (χ4n) is 3.32. The first-order chi connectivity index (χ1) is 13.5. The number of fused-ring (bicyclic) bond motifs is 2. The van der Waals surface area contributed by atoms with Gasteiger partial charge in [-0.15, -0.1) is 0 Å². The number of nitrogens with two attached hydrogens (primary N) is 2. The number of hydrogen-bond donors (Lipinski definition) is 4. The molecule has 29 heavy (non-hydrogen) atoms. The smallest absolute Gasteiger partial charge is 0.414 e. The molecule has 2 aliphatic carbocycles. The van der Waals surface area contributed by atoms with Gasteiger partial charge >= 0.3 is 12.2 Å². The number of hydrogen-bond acceptors (Lipinski definition) is 8. The molecule has 0 heterocycles. The van der Waals surface area contributed by atoms with Gasteiger partial charge < -0.3 is 20.9 Å². The van der Waals surface area contributed by atoms with Crippen molar-refractivity contribution < 1.29 is 28.7 Å². The molecule has 0 saturated heterocycles. The van der Waals surface area contributed by atoms with Gasteiger partial charge in [0.2, 0.25) is 11.8 Å². The SMILES string of the molecule is CC(C)[C@H](N)C(=O)NC(=O)OC1C2C=CC(C2)C1OC(=O)NC(=O)[C@@H](N)C(C)C. The van der Waals surface area contributed by atoms with Crippen molar-refractivity contribution in [2.75, 3.05) is 0 Å². The van der Waals surface area contributed by atoms with Crippen molar-refractivity contribution in [3.63, 3.8) is 0 Å². The first-order valence-corrected chi connectivity index (χ1v) is 9.73. The van der Waals surface area contributed by atoms with Crippen LogP contribution in [0.25, 0.3) is 0 Å². The van der Waals surface area contributed by atoms with Crippen LogP contribution in [0.3, 0.4) is 0 Å². The lowest BCUT2D eigenvalue weighted by Crippen LogP contribution is -2.50. The molecule has 6 N–H and O–H groups in total. The summed E-state index contributed by atoms with van der Waals surface area (Å²) in [6, 6.07) is -1.70. The van der Waals surface area contributed by atoms with E-state index >= 15 is 0 Å². The van der Waals surface area contributed by atoms with E-state index < -0.39 is 48.3 Å². The largest absolute Gasteiger partial charge is 0.441 e. The van der Waals surface area contributed by atoms with Crippen LogP contribution >= 0.6 is 0 Å². The summed E-state index contributed by atoms with van der Waals surface area (Å²) in [4.78, 5) is 48.1. The molecule has 0 aliphatic heterocycles. The molecule has 1 fully saturated rings. The second-order valence-electron chi connectivity index (χ2n) is 8.21. The van der Waals surface area contributed by atoms with E-state index in [4.69, 9.17) is 20.9 Å². The lowest BCUT2D eigenvalue weighted by Gasteiger charge is -2.28. The Bertz CT molecular complexity index is 636. The van der Waals surface area contributed by atoms with E-state index in [1.165, 1.54) is 0 Å². The van der Waals surface area contributed by atoms with Gasteiger partial charge in [-0.1, -0.05) is 39.8 Å². The van der Waals surface area contributed by atoms with Crippen molar-refractivity contribution in [3.8, 4) is 0 Å². The Balaban J connectivity index is 1.95. The van der Waals surface area contributed by atoms with Crippen LogP contribution in [0.4, 0.5) is 9.59 Å². The van der Waals surface area contributed by atoms with E-state index in [1.54, 1.807) is 27.7 Å². The summed E-state index contributed by atoms with van der Waals surface area (Å²) in [6.45, 7) is 7.02. The summed E-state index contributed by atoms with van der Waals surface area (Å²) >= 11 is 0. The standard InChI is InChI=1S/C19H30N4O6/c1-8(2)12(20)16(24)22-18(26)28-14-10-5-6-11(7-10)15(14)29-19(27)23-17(25)13(21)9(3)4/h5-6,8-15H,7,20-21H2,1-4H3,(H,22,24,26)(H,23,25,27)/t10?,11?,12-,13-,14?,15?/m0/s1. The van der Waals surface area contributed by atoms with Crippen molar-refractivity contribution in [2.24, 2.45) is 35.1 Å². The average molecular weight is 410 g/mol. The Labute approximate surface area is 169 Å². The van der Waals surface area contributed by atoms with Gasteiger partial charge in [-0.3, -0.25) is 20.2 Å². The summed E-state index contributed by atoms with van der Waals surface area (Å²) in [5.74, 6) is -1.89. The molecule has 4 unspecified atom stereocenters. The van der Waals surface area contributed by atoms with E-state index in [1.807, 2.05) is 12.2 Å². The average Bonchev–Trinajstić information content (AvgIpc) is 3.22. The number of amides is 4. The van der Waals surface area contributed by atoms with E-state index in [0.717, 1.165) is 0 Å². The molecule has 10 nitrogen and oxygen atoms in total. The molecule has 0 aromatic carbocycles. The highest BCUT2D eigenvalue weighted by Gasteiger charge is 2.49. The van der Waals surface area contributed by atoms with E-state index in [0.29, 0.717) is 6.42 Å². The van der Waals surface area contributed by atoms with Crippen LogP contribution in [-0.4, -0.2) is 48.3 Å². The van der Waals surface area contributed by atoms with Gasteiger partial charge in [0.15, 0.2) is 0 Å². The highest BCUT2D eigenvalue weighted by molar-refractivity contribution is 5.95. The molecule has 2 rings (SSSR count). The topological polar surface area (TPSA) is 163 Å². The maximum atomic E-state index is 12.1. The third kappa shape index (κ3) is 5.54. The summed E-state index contributed by atoms with van der Waals surface area (Å²) in [5, 5.41) is 4.21. The number of alkyl carbamates (subject to hydrolysis) is 2. The number of carbonyl (C=O) groups excluding carboxylic acids is 4. The van der Waals surface area contributed by atoms with Crippen molar-refractivity contribution in [2.45, 2.75) is 58.4 Å². The molecule has 2 bridgehead atoms. The fourth-order valence-corrected chi connectivity index (χ4v) is 3.32. The molecule has 0 aromatic rings. The zero-order valence-corrected chi connectivity index (χ0v) is 17.1. The number of rotatable bonds is 6. The van der Waals surface area contributed by atoms with Gasteiger partial charge in [0.25, 0.3) is 0 Å². The summed E-state index contributed by atoms with van der Waals surface area (Å²) < 4.78 is 10.7. The van der Waals surface area contributed by atoms with Gasteiger partial charge in [0.05, 0.1) is 12.1 Å². The zero-order chi connectivity index (χ0) is 21.9. The molecule has 6 atom stereocenters. The van der Waals surface area contributed by atoms with Gasteiger partial charge in [-0.05, 0) is 18.3 Å². The quantitative estimate of drug-likeness (QED) is 0.457. The van der Waals surface area contributed by atoms with Crippen LogP contribution in [0.2, 0.25) is 0 Å². The van der Waals surface area contributed by atoms with E-state index in [9.17, 15) is 19.2 Å². The van der Waals surface area contributed by atoms with Crippen molar-refractivity contribution in [1.82, 2.24) is 10.6 Å². The number of carbonyl (C=O) groups is 4. The van der Waals surface area contributed by atoms with Crippen LogP contribution < -0.4 is 22.1 Å². The fraction of sp³-hybridized carbons (Fsp3) is 0.684. The molecule has 0 radical (unpaired) electrons. The van der Waals surface area contributed by atoms with Gasteiger partial charge in [-0.2, -0.15) is 0 Å². The third-order valence-corrected chi connectivity index (χ3v) is 5.30. The maximum Gasteiger partial charge on any atom is 0.414 e. The summed E-state index contributed by atoms with van der Waals surface area (Å²) in [7, 11) is 0. The van der Waals surface area contributed by atoms with Gasteiger partial charge in [0.1, 0.15) is 12.2 Å². The number of ether oxygens (including phenoxy) is 2. The first kappa shape index (κ1) is 22.8. The first-order valence-electron chi connectivity index (χ1n) is 9.73. The lowest BCUT2D eigenvalue weighted by molar-refractivity contribution is -0.124. The minimum atomic E-state index is -0.955. The minimum absolute atomic E-state index is 0.147. The Kier molecular flexibility index (Phi) is 7.37. The second-order valence-corrected chi connectivity index (χ2v) is 8.21. The zero-order valence-electron chi connectivity index (χ0n) is 17.1. The number of nitrogens with one attached hydrogen (secondary N) is 2. The van der Waals surface area contributed by atoms with Crippen LogP contribution in [0.5, 0.6) is 0 Å². The van der Waals surface area contributed by atoms with Crippen LogP contribution in [0.15, 0.2) is 12.2 Å². The molecule has 2 aliphatic rings. The number of imide groups is 2. The Morgan fingerprint density at radius 2 is 1.14 bits per heavy atom. The monoisotopic (exact) mass is 410 g/mol. The Hall–Kier alpha value is -2.46. The third-order valence-electron chi connectivity index (χ3n) is 5.30. The van der Waals surface area contributed by atoms with Gasteiger partial charge in [-0.25, -0.2) is 9.59 Å². The highest BCUT2D eigenvalue weighted by atomic mass is 16.6.